The lowest BCUT2D eigenvalue weighted by Gasteiger charge is -2.45. The van der Waals surface area contributed by atoms with Gasteiger partial charge < -0.3 is 44.6 Å². The van der Waals surface area contributed by atoms with E-state index in [4.69, 9.17) is 14.2 Å². The average molecular weight is 736 g/mol. The number of piperidine rings is 1. The van der Waals surface area contributed by atoms with Crippen molar-refractivity contribution in [3.8, 4) is 11.5 Å². The number of esters is 1. The van der Waals surface area contributed by atoms with Gasteiger partial charge in [0.2, 0.25) is 12.0 Å². The van der Waals surface area contributed by atoms with Crippen LogP contribution in [0.1, 0.15) is 46.8 Å². The van der Waals surface area contributed by atoms with Crippen LogP contribution in [0.2, 0.25) is 0 Å². The first-order valence-corrected chi connectivity index (χ1v) is 18.8. The first-order chi connectivity index (χ1) is 24.4. The van der Waals surface area contributed by atoms with E-state index in [9.17, 15) is 24.9 Å². The third-order valence-electron chi connectivity index (χ3n) is 10.3. The zero-order chi connectivity index (χ0) is 36.3. The third-order valence-corrected chi connectivity index (χ3v) is 12.3. The number of morpholine rings is 1. The van der Waals surface area contributed by atoms with Crippen molar-refractivity contribution in [1.29, 1.82) is 0 Å². The van der Waals surface area contributed by atoms with Gasteiger partial charge in [-0.05, 0) is 65.6 Å². The van der Waals surface area contributed by atoms with Crippen LogP contribution in [-0.4, -0.2) is 91.3 Å². The molecule has 2 aromatic heterocycles. The molecule has 3 saturated heterocycles. The van der Waals surface area contributed by atoms with Crippen LogP contribution in [0.4, 0.5) is 5.69 Å². The number of likely N-dealkylation sites (N-methyl/N-ethyl adjacent to an activating group) is 1. The van der Waals surface area contributed by atoms with Gasteiger partial charge in [0, 0.05) is 31.1 Å². The van der Waals surface area contributed by atoms with Gasteiger partial charge in [0.05, 0.1) is 37.1 Å². The zero-order valence-electron chi connectivity index (χ0n) is 29.1. The first kappa shape index (κ1) is 37.0. The summed E-state index contributed by atoms with van der Waals surface area (Å²) in [5, 5.41) is 42.6. The Morgan fingerprint density at radius 3 is 2.24 bits per heavy atom. The summed E-state index contributed by atoms with van der Waals surface area (Å²) >= 11 is 2.74. The van der Waals surface area contributed by atoms with Gasteiger partial charge in [-0.2, -0.15) is 0 Å². The lowest BCUT2D eigenvalue weighted by Crippen LogP contribution is -2.60. The molecule has 3 aliphatic heterocycles. The van der Waals surface area contributed by atoms with E-state index in [0.29, 0.717) is 52.6 Å². The van der Waals surface area contributed by atoms with Crippen molar-refractivity contribution in [2.24, 2.45) is 0 Å². The molecule has 2 bridgehead atoms. The fourth-order valence-corrected chi connectivity index (χ4v) is 9.09. The second kappa shape index (κ2) is 15.4. The van der Waals surface area contributed by atoms with Gasteiger partial charge in [0.25, 0.3) is 0 Å². The molecule has 13 heteroatoms. The van der Waals surface area contributed by atoms with Crippen LogP contribution in [0.3, 0.4) is 0 Å². The molecule has 1 amide bonds. The van der Waals surface area contributed by atoms with E-state index in [1.165, 1.54) is 40.4 Å². The predicted molar refractivity (Wildman–Crippen MR) is 194 cm³/mol. The maximum absolute atomic E-state index is 13.1. The Morgan fingerprint density at radius 2 is 1.69 bits per heavy atom. The van der Waals surface area contributed by atoms with E-state index in [2.05, 4.69) is 24.7 Å². The van der Waals surface area contributed by atoms with Crippen LogP contribution in [0.25, 0.3) is 0 Å². The number of anilines is 1. The van der Waals surface area contributed by atoms with Crippen molar-refractivity contribution in [2.45, 2.75) is 74.3 Å². The molecule has 0 aliphatic carbocycles. The largest absolute Gasteiger partial charge is 0.871 e. The van der Waals surface area contributed by atoms with Crippen molar-refractivity contribution < 1.29 is 43.6 Å². The normalized spacial score (nSPS) is 23.9. The maximum atomic E-state index is 13.1. The summed E-state index contributed by atoms with van der Waals surface area (Å²) in [5.41, 5.74) is 0.192. The number of fused-ring (bicyclic) bond motifs is 5. The minimum absolute atomic E-state index is 0.161. The molecular weight excluding hydrogens is 691 g/mol. The number of nitrogens with one attached hydrogen (secondary N) is 2. The fourth-order valence-electron chi connectivity index (χ4n) is 7.38. The summed E-state index contributed by atoms with van der Waals surface area (Å²) < 4.78 is 17.8. The number of benzene rings is 2. The Kier molecular flexibility index (Phi) is 11.2. The number of nitrogens with zero attached hydrogens (tertiary/aromatic N) is 1. The van der Waals surface area contributed by atoms with Gasteiger partial charge in [0.1, 0.15) is 36.1 Å². The Labute approximate surface area is 306 Å². The second-order valence-corrected chi connectivity index (χ2v) is 15.8. The van der Waals surface area contributed by atoms with Crippen LogP contribution in [0, 0.1) is 0 Å². The maximum Gasteiger partial charge on any atom is 0.349 e. The quantitative estimate of drug-likeness (QED) is 0.0693. The predicted octanol–water partition coefficient (Wildman–Crippen LogP) is 3.94. The number of amides is 1. The highest BCUT2D eigenvalue weighted by Gasteiger charge is 2.71. The molecule has 7 atom stereocenters. The minimum Gasteiger partial charge on any atom is -0.871 e. The summed E-state index contributed by atoms with van der Waals surface area (Å²) in [6.45, 7) is 2.38. The second-order valence-electron chi connectivity index (χ2n) is 13.9. The van der Waals surface area contributed by atoms with E-state index in [1.807, 2.05) is 54.1 Å². The molecule has 11 nitrogen and oxygen atoms in total. The fraction of sp³-hybridized carbons (Fsp3) is 0.421. The Morgan fingerprint density at radius 1 is 1.06 bits per heavy atom. The molecule has 5 heterocycles. The van der Waals surface area contributed by atoms with Crippen LogP contribution in [0.15, 0.2) is 77.5 Å². The topological polar surface area (TPSA) is 153 Å². The molecule has 3 fully saturated rings. The molecule has 0 saturated carbocycles. The molecule has 1 unspecified atom stereocenters. The average Bonchev–Trinajstić information content (AvgIpc) is 3.41. The van der Waals surface area contributed by atoms with Crippen LogP contribution in [0.5, 0.6) is 11.5 Å². The summed E-state index contributed by atoms with van der Waals surface area (Å²) in [6, 6.07) is 20.4. The summed E-state index contributed by atoms with van der Waals surface area (Å²) in [4.78, 5) is 24.8. The van der Waals surface area contributed by atoms with E-state index >= 15 is 0 Å². The van der Waals surface area contributed by atoms with Gasteiger partial charge in [0.15, 0.2) is 0 Å². The molecule has 272 valence electrons. The number of aliphatic hydroxyl groups excluding tert-OH is 1. The molecule has 3 aliphatic rings. The molecule has 7 rings (SSSR count). The standard InChI is InChI=1S/C19H24N2O4.C19H22NO4S2/c1-13(9-14-3-6-16(25-2)7-4-14)20-11-19(24)15-5-8-18(23)17(10-15)21-12-22;1-20(2)12-9-11(10-13(20)17-16(12)24-17)23-18(21)19(22,14-5-3-7-25-14)15-6-4-8-26-15/h3-8,10,12-13,19-20,23-24H,9,11H2,1-2H3,(H,21,22);3-8,11-13,16-17,22H,9-10H2,1-2H3/q;+1/p-1/t13-,19+;11?,12-,13+,16-,17+/m1./s1. The van der Waals surface area contributed by atoms with E-state index in [0.717, 1.165) is 29.5 Å². The lowest BCUT2D eigenvalue weighted by molar-refractivity contribution is -0.938. The molecular formula is C38H45N3O8S2. The van der Waals surface area contributed by atoms with Crippen LogP contribution >= 0.6 is 22.7 Å². The van der Waals surface area contributed by atoms with Crippen LogP contribution < -0.4 is 20.5 Å². The molecule has 51 heavy (non-hydrogen) atoms. The summed E-state index contributed by atoms with van der Waals surface area (Å²) in [6.07, 6.45) is 2.54. The number of ether oxygens (including phenoxy) is 3. The number of quaternary nitrogens is 1. The van der Waals surface area contributed by atoms with Gasteiger partial charge in [-0.15, -0.1) is 22.7 Å². The minimum atomic E-state index is -1.72. The molecule has 4 aromatic rings. The number of thiophene rings is 2. The third kappa shape index (κ3) is 7.85. The summed E-state index contributed by atoms with van der Waals surface area (Å²) in [5.74, 6) is -0.0289. The van der Waals surface area contributed by atoms with E-state index in [1.54, 1.807) is 25.3 Å². The number of carbonyl (C=O) groups excluding carboxylic acids is 2. The molecule has 0 spiro atoms. The van der Waals surface area contributed by atoms with E-state index < -0.39 is 17.7 Å². The van der Waals surface area contributed by atoms with Crippen LogP contribution in [-0.2, 0) is 31.1 Å². The number of methoxy groups -OCH3 is 1. The number of aliphatic hydroxyl groups is 2. The smallest absolute Gasteiger partial charge is 0.349 e. The molecule has 4 N–H and O–H groups in total. The van der Waals surface area contributed by atoms with Gasteiger partial charge >= 0.3 is 5.97 Å². The van der Waals surface area contributed by atoms with Crippen molar-refractivity contribution in [3.05, 3.63) is 98.4 Å². The van der Waals surface area contributed by atoms with Crippen molar-refractivity contribution >= 4 is 40.7 Å². The highest BCUT2D eigenvalue weighted by molar-refractivity contribution is 7.12. The highest BCUT2D eigenvalue weighted by Crippen LogP contribution is 2.52. The van der Waals surface area contributed by atoms with Crippen molar-refractivity contribution in [3.63, 3.8) is 0 Å². The Balaban J connectivity index is 0.000000176. The first-order valence-electron chi connectivity index (χ1n) is 17.0. The SMILES string of the molecule is COc1ccc(C[C@@H](C)NC[C@H](O)c2ccc([O-])c(NC=O)c2)cc1.C[N+]1(C)[C@@H]2CC(OC(=O)C(O)(c3cccs3)c3cccs3)C[C@H]1[C@@H]1O[C@@H]12. The number of carbonyl (C=O) groups is 2. The van der Waals surface area contributed by atoms with Crippen molar-refractivity contribution in [2.75, 3.05) is 33.1 Å². The number of hydrogen-bond acceptors (Lipinski definition) is 11. The Bertz CT molecular complexity index is 1710. The Hall–Kier alpha value is -3.82. The monoisotopic (exact) mass is 735 g/mol. The number of rotatable bonds is 13. The van der Waals surface area contributed by atoms with Crippen molar-refractivity contribution in [1.82, 2.24) is 5.32 Å². The molecule has 0 radical (unpaired) electrons. The molecule has 2 aromatic carbocycles. The summed E-state index contributed by atoms with van der Waals surface area (Å²) in [7, 11) is 6.13. The van der Waals surface area contributed by atoms with E-state index in [-0.39, 0.29) is 23.6 Å². The highest BCUT2D eigenvalue weighted by atomic mass is 32.1. The van der Waals surface area contributed by atoms with Gasteiger partial charge in [-0.1, -0.05) is 42.1 Å². The zero-order valence-corrected chi connectivity index (χ0v) is 30.7. The number of hydrogen-bond donors (Lipinski definition) is 4. The van der Waals surface area contributed by atoms with Gasteiger partial charge in [-0.3, -0.25) is 4.79 Å². The van der Waals surface area contributed by atoms with Gasteiger partial charge in [-0.25, -0.2) is 4.79 Å². The number of epoxide rings is 1. The lowest BCUT2D eigenvalue weighted by atomic mass is 9.95.